The van der Waals surface area contributed by atoms with Crippen LogP contribution < -0.4 is 15.4 Å². The quantitative estimate of drug-likeness (QED) is 0.483. The second-order valence-corrected chi connectivity index (χ2v) is 6.46. The monoisotopic (exact) mass is 409 g/mol. The van der Waals surface area contributed by atoms with Gasteiger partial charge in [-0.2, -0.15) is 4.98 Å². The number of carbonyl (C=O) groups excluding carboxylic acids is 1. The first-order chi connectivity index (χ1) is 14.5. The van der Waals surface area contributed by atoms with Gasteiger partial charge in [0.05, 0.1) is 37.8 Å². The van der Waals surface area contributed by atoms with Gasteiger partial charge in [-0.15, -0.1) is 0 Å². The largest absolute Gasteiger partial charge is 0.495 e. The Labute approximate surface area is 174 Å². The molecule has 0 bridgehead atoms. The first kappa shape index (κ1) is 21.0. The van der Waals surface area contributed by atoms with Crippen molar-refractivity contribution in [2.24, 2.45) is 0 Å². The van der Waals surface area contributed by atoms with E-state index in [9.17, 15) is 9.90 Å². The number of ether oxygens (including phenoxy) is 2. The first-order valence-electron chi connectivity index (χ1n) is 9.24. The predicted octanol–water partition coefficient (Wildman–Crippen LogP) is 2.87. The minimum atomic E-state index is -0.460. The molecule has 0 amide bonds. The van der Waals surface area contributed by atoms with Crippen LogP contribution in [0.25, 0.3) is 11.3 Å². The van der Waals surface area contributed by atoms with Crippen LogP contribution in [0.1, 0.15) is 17.3 Å². The average Bonchev–Trinajstić information content (AvgIpc) is 2.78. The number of esters is 1. The lowest BCUT2D eigenvalue weighted by Gasteiger charge is -2.16. The number of carbonyl (C=O) groups is 1. The number of hydrogen-bond acceptors (Lipinski definition) is 9. The van der Waals surface area contributed by atoms with Crippen molar-refractivity contribution in [1.29, 1.82) is 0 Å². The molecule has 0 unspecified atom stereocenters. The molecule has 9 heteroatoms. The Morgan fingerprint density at radius 1 is 1.20 bits per heavy atom. The van der Waals surface area contributed by atoms with E-state index in [-0.39, 0.29) is 12.6 Å². The van der Waals surface area contributed by atoms with E-state index >= 15 is 0 Å². The second kappa shape index (κ2) is 9.66. The fraction of sp³-hybridized carbons (Fsp3) is 0.238. The molecule has 0 fully saturated rings. The van der Waals surface area contributed by atoms with Gasteiger partial charge in [0.15, 0.2) is 0 Å². The standard InChI is InChI=1S/C21H23N5O4/c1-13(12-27)23-21-25-16(15-5-4-8-22-11-15)10-19(26-21)24-17-9-14(20(28)30-3)6-7-18(17)29-2/h4-11,13,27H,12H2,1-3H3,(H2,23,24,25,26)/t13-/m0/s1. The van der Waals surface area contributed by atoms with Gasteiger partial charge in [0, 0.05) is 30.1 Å². The van der Waals surface area contributed by atoms with Crippen molar-refractivity contribution in [3.63, 3.8) is 0 Å². The highest BCUT2D eigenvalue weighted by molar-refractivity contribution is 5.91. The Bertz CT molecular complexity index is 1010. The second-order valence-electron chi connectivity index (χ2n) is 6.46. The molecule has 0 aliphatic rings. The summed E-state index contributed by atoms with van der Waals surface area (Å²) >= 11 is 0. The summed E-state index contributed by atoms with van der Waals surface area (Å²) in [6, 6.07) is 10.1. The lowest BCUT2D eigenvalue weighted by Crippen LogP contribution is -2.21. The molecular weight excluding hydrogens is 386 g/mol. The summed E-state index contributed by atoms with van der Waals surface area (Å²) in [5.41, 5.74) is 2.35. The number of pyridine rings is 1. The molecule has 0 radical (unpaired) electrons. The number of nitrogens with zero attached hydrogens (tertiary/aromatic N) is 3. The van der Waals surface area contributed by atoms with Crippen LogP contribution >= 0.6 is 0 Å². The highest BCUT2D eigenvalue weighted by atomic mass is 16.5. The van der Waals surface area contributed by atoms with Crippen molar-refractivity contribution in [3.05, 3.63) is 54.4 Å². The maximum atomic E-state index is 11.9. The summed E-state index contributed by atoms with van der Waals surface area (Å²) in [7, 11) is 2.86. The topological polar surface area (TPSA) is 118 Å². The first-order valence-corrected chi connectivity index (χ1v) is 9.24. The Morgan fingerprint density at radius 3 is 2.70 bits per heavy atom. The zero-order valence-electron chi connectivity index (χ0n) is 16.9. The van der Waals surface area contributed by atoms with E-state index in [1.54, 1.807) is 36.7 Å². The van der Waals surface area contributed by atoms with Gasteiger partial charge in [0.1, 0.15) is 11.6 Å². The Balaban J connectivity index is 2.02. The molecule has 9 nitrogen and oxygen atoms in total. The number of benzene rings is 1. The van der Waals surface area contributed by atoms with Crippen LogP contribution in [0.3, 0.4) is 0 Å². The summed E-state index contributed by atoms with van der Waals surface area (Å²) < 4.78 is 10.2. The van der Waals surface area contributed by atoms with E-state index in [1.807, 2.05) is 19.1 Å². The SMILES string of the molecule is COC(=O)c1ccc(OC)c(Nc2cc(-c3cccnc3)nc(N[C@@H](C)CO)n2)c1. The molecule has 0 aliphatic heterocycles. The molecule has 2 aromatic heterocycles. The highest BCUT2D eigenvalue weighted by Crippen LogP contribution is 2.30. The molecule has 0 aliphatic carbocycles. The molecule has 1 atom stereocenters. The molecule has 0 saturated carbocycles. The van der Waals surface area contributed by atoms with E-state index in [0.717, 1.165) is 5.56 Å². The molecule has 1 aromatic carbocycles. The molecule has 0 saturated heterocycles. The van der Waals surface area contributed by atoms with E-state index in [2.05, 4.69) is 25.6 Å². The fourth-order valence-corrected chi connectivity index (χ4v) is 2.69. The number of methoxy groups -OCH3 is 2. The van der Waals surface area contributed by atoms with Crippen molar-refractivity contribution < 1.29 is 19.4 Å². The maximum absolute atomic E-state index is 11.9. The number of rotatable bonds is 8. The fourth-order valence-electron chi connectivity index (χ4n) is 2.69. The summed E-state index contributed by atoms with van der Waals surface area (Å²) in [5, 5.41) is 15.6. The molecular formula is C21H23N5O4. The van der Waals surface area contributed by atoms with E-state index < -0.39 is 5.97 Å². The van der Waals surface area contributed by atoms with Crippen molar-refractivity contribution in [1.82, 2.24) is 15.0 Å². The number of nitrogens with one attached hydrogen (secondary N) is 2. The van der Waals surface area contributed by atoms with E-state index in [1.165, 1.54) is 14.2 Å². The van der Waals surface area contributed by atoms with Gasteiger partial charge in [-0.05, 0) is 37.3 Å². The normalized spacial score (nSPS) is 11.5. The minimum absolute atomic E-state index is 0.0712. The highest BCUT2D eigenvalue weighted by Gasteiger charge is 2.14. The van der Waals surface area contributed by atoms with Gasteiger partial charge in [-0.1, -0.05) is 0 Å². The molecule has 156 valence electrons. The van der Waals surface area contributed by atoms with Crippen LogP contribution in [-0.4, -0.2) is 52.9 Å². The van der Waals surface area contributed by atoms with Gasteiger partial charge in [0.2, 0.25) is 5.95 Å². The lowest BCUT2D eigenvalue weighted by molar-refractivity contribution is 0.0600. The third-order valence-electron chi connectivity index (χ3n) is 4.22. The van der Waals surface area contributed by atoms with Crippen LogP contribution in [0.4, 0.5) is 17.5 Å². The third-order valence-corrected chi connectivity index (χ3v) is 4.22. The van der Waals surface area contributed by atoms with Crippen LogP contribution in [0.15, 0.2) is 48.8 Å². The van der Waals surface area contributed by atoms with Crippen molar-refractivity contribution in [2.45, 2.75) is 13.0 Å². The maximum Gasteiger partial charge on any atom is 0.337 e. The molecule has 3 N–H and O–H groups in total. The molecule has 2 heterocycles. The average molecular weight is 409 g/mol. The van der Waals surface area contributed by atoms with Gasteiger partial charge >= 0.3 is 5.97 Å². The summed E-state index contributed by atoms with van der Waals surface area (Å²) in [4.78, 5) is 25.0. The van der Waals surface area contributed by atoms with Crippen LogP contribution in [0.5, 0.6) is 5.75 Å². The zero-order valence-corrected chi connectivity index (χ0v) is 16.9. The van der Waals surface area contributed by atoms with Crippen molar-refractivity contribution in [2.75, 3.05) is 31.5 Å². The van der Waals surface area contributed by atoms with E-state index in [0.29, 0.717) is 34.5 Å². The van der Waals surface area contributed by atoms with E-state index in [4.69, 9.17) is 9.47 Å². The van der Waals surface area contributed by atoms with Gasteiger partial charge in [0.25, 0.3) is 0 Å². The molecule has 30 heavy (non-hydrogen) atoms. The van der Waals surface area contributed by atoms with Crippen LogP contribution in [0, 0.1) is 0 Å². The Kier molecular flexibility index (Phi) is 6.76. The van der Waals surface area contributed by atoms with Crippen LogP contribution in [0.2, 0.25) is 0 Å². The Hall–Kier alpha value is -3.72. The number of anilines is 3. The molecule has 3 rings (SSSR count). The summed E-state index contributed by atoms with van der Waals surface area (Å²) in [6.45, 7) is 1.74. The van der Waals surface area contributed by atoms with Crippen molar-refractivity contribution >= 4 is 23.4 Å². The van der Waals surface area contributed by atoms with Gasteiger partial charge in [-0.25, -0.2) is 9.78 Å². The molecule has 3 aromatic rings. The summed E-state index contributed by atoms with van der Waals surface area (Å²) in [5.74, 6) is 0.876. The lowest BCUT2D eigenvalue weighted by atomic mass is 10.1. The number of aliphatic hydroxyl groups excluding tert-OH is 1. The Morgan fingerprint density at radius 2 is 2.03 bits per heavy atom. The summed E-state index contributed by atoms with van der Waals surface area (Å²) in [6.07, 6.45) is 3.38. The zero-order chi connectivity index (χ0) is 21.5. The van der Waals surface area contributed by atoms with Gasteiger partial charge < -0.3 is 25.2 Å². The van der Waals surface area contributed by atoms with Crippen molar-refractivity contribution in [3.8, 4) is 17.0 Å². The number of aromatic nitrogens is 3. The third kappa shape index (κ3) is 5.00. The van der Waals surface area contributed by atoms with Crippen LogP contribution in [-0.2, 0) is 4.74 Å². The smallest absolute Gasteiger partial charge is 0.337 e. The van der Waals surface area contributed by atoms with Gasteiger partial charge in [-0.3, -0.25) is 4.98 Å². The number of aliphatic hydroxyl groups is 1. The predicted molar refractivity (Wildman–Crippen MR) is 113 cm³/mol. The number of hydrogen-bond donors (Lipinski definition) is 3. The molecule has 0 spiro atoms. The minimum Gasteiger partial charge on any atom is -0.495 e.